The molecule has 0 spiro atoms. The van der Waals surface area contributed by atoms with Gasteiger partial charge in [0, 0.05) is 6.61 Å². The highest BCUT2D eigenvalue weighted by Gasteiger charge is 2.19. The Bertz CT molecular complexity index is 344. The Balaban J connectivity index is 2.98. The van der Waals surface area contributed by atoms with Gasteiger partial charge in [-0.05, 0) is 24.5 Å². The van der Waals surface area contributed by atoms with E-state index in [4.69, 9.17) is 14.9 Å². The normalized spacial score (nSPS) is 11.6. The van der Waals surface area contributed by atoms with Crippen LogP contribution in [0.2, 0.25) is 0 Å². The molecule has 0 aliphatic heterocycles. The predicted molar refractivity (Wildman–Crippen MR) is 53.5 cm³/mol. The molecular formula is C9H13O4P. The van der Waals surface area contributed by atoms with Crippen LogP contribution in [0.25, 0.3) is 0 Å². The summed E-state index contributed by atoms with van der Waals surface area (Å²) in [5.41, 5.74) is 0.606. The predicted octanol–water partition coefficient (Wildman–Crippen LogP) is 0.414. The zero-order valence-corrected chi connectivity index (χ0v) is 8.52. The molecule has 0 unspecified atom stereocenters. The fourth-order valence-electron chi connectivity index (χ4n) is 1.28. The van der Waals surface area contributed by atoms with Gasteiger partial charge in [-0.25, -0.2) is 0 Å². The summed E-state index contributed by atoms with van der Waals surface area (Å²) in [5.74, 6) is 0. The molecule has 0 amide bonds. The lowest BCUT2D eigenvalue weighted by Gasteiger charge is -2.09. The molecule has 0 aliphatic carbocycles. The molecule has 1 aromatic rings. The van der Waals surface area contributed by atoms with Crippen molar-refractivity contribution in [2.24, 2.45) is 0 Å². The molecule has 4 nitrogen and oxygen atoms in total. The Kier molecular flexibility index (Phi) is 3.84. The van der Waals surface area contributed by atoms with Gasteiger partial charge in [0.15, 0.2) is 0 Å². The smallest absolute Gasteiger partial charge is 0.356 e. The van der Waals surface area contributed by atoms with Gasteiger partial charge < -0.3 is 14.9 Å². The lowest BCUT2D eigenvalue weighted by molar-refractivity contribution is 0.288. The molecule has 0 aromatic heterocycles. The second-order valence-electron chi connectivity index (χ2n) is 3.00. The topological polar surface area (TPSA) is 77.8 Å². The van der Waals surface area contributed by atoms with Crippen LogP contribution in [0.1, 0.15) is 12.0 Å². The second-order valence-corrected chi connectivity index (χ2v) is 4.57. The van der Waals surface area contributed by atoms with E-state index in [0.717, 1.165) is 0 Å². The molecule has 14 heavy (non-hydrogen) atoms. The number of aliphatic hydroxyl groups excluding tert-OH is 1. The van der Waals surface area contributed by atoms with Crippen molar-refractivity contribution in [3.8, 4) is 0 Å². The van der Waals surface area contributed by atoms with Crippen LogP contribution >= 0.6 is 7.60 Å². The SMILES string of the molecule is O=P(O)(O)c1ccccc1CCCO. The van der Waals surface area contributed by atoms with Crippen molar-refractivity contribution < 1.29 is 19.5 Å². The van der Waals surface area contributed by atoms with E-state index < -0.39 is 7.60 Å². The summed E-state index contributed by atoms with van der Waals surface area (Å²) in [6, 6.07) is 6.42. The van der Waals surface area contributed by atoms with E-state index in [9.17, 15) is 4.57 Å². The van der Waals surface area contributed by atoms with Crippen LogP contribution in [0, 0.1) is 0 Å². The van der Waals surface area contributed by atoms with Gasteiger partial charge in [0.1, 0.15) is 0 Å². The monoisotopic (exact) mass is 216 g/mol. The lowest BCUT2D eigenvalue weighted by atomic mass is 10.1. The van der Waals surface area contributed by atoms with Crippen molar-refractivity contribution in [1.82, 2.24) is 0 Å². The van der Waals surface area contributed by atoms with Crippen molar-refractivity contribution in [3.05, 3.63) is 29.8 Å². The highest BCUT2D eigenvalue weighted by atomic mass is 31.2. The van der Waals surface area contributed by atoms with Crippen LogP contribution in [0.15, 0.2) is 24.3 Å². The summed E-state index contributed by atoms with van der Waals surface area (Å²) in [6.07, 6.45) is 0.995. The minimum atomic E-state index is -4.18. The highest BCUT2D eigenvalue weighted by Crippen LogP contribution is 2.34. The third-order valence-corrected chi connectivity index (χ3v) is 2.97. The highest BCUT2D eigenvalue weighted by molar-refractivity contribution is 7.60. The van der Waals surface area contributed by atoms with Crippen LogP contribution in [0.3, 0.4) is 0 Å². The Morgan fingerprint density at radius 2 is 1.86 bits per heavy atom. The number of hydrogen-bond donors (Lipinski definition) is 3. The Labute approximate surface area is 82.4 Å². The maximum atomic E-state index is 11.0. The van der Waals surface area contributed by atoms with Gasteiger partial charge in [-0.3, -0.25) is 4.57 Å². The maximum absolute atomic E-state index is 11.0. The number of rotatable bonds is 4. The Morgan fingerprint density at radius 1 is 1.21 bits per heavy atom. The first-order valence-electron chi connectivity index (χ1n) is 4.30. The van der Waals surface area contributed by atoms with E-state index >= 15 is 0 Å². The largest absolute Gasteiger partial charge is 0.396 e. The van der Waals surface area contributed by atoms with Crippen molar-refractivity contribution in [2.45, 2.75) is 12.8 Å². The molecule has 0 heterocycles. The summed E-state index contributed by atoms with van der Waals surface area (Å²) in [7, 11) is -4.18. The zero-order chi connectivity index (χ0) is 10.6. The van der Waals surface area contributed by atoms with Gasteiger partial charge in [0.2, 0.25) is 0 Å². The van der Waals surface area contributed by atoms with Crippen molar-refractivity contribution in [1.29, 1.82) is 0 Å². The zero-order valence-electron chi connectivity index (χ0n) is 7.63. The fraction of sp³-hybridized carbons (Fsp3) is 0.333. The molecule has 0 radical (unpaired) electrons. The van der Waals surface area contributed by atoms with Crippen LogP contribution in [0.4, 0.5) is 0 Å². The molecule has 5 heteroatoms. The number of aryl methyl sites for hydroxylation is 1. The van der Waals surface area contributed by atoms with E-state index in [1.54, 1.807) is 18.2 Å². The van der Waals surface area contributed by atoms with Crippen molar-refractivity contribution in [3.63, 3.8) is 0 Å². The molecule has 0 atom stereocenters. The molecule has 1 aromatic carbocycles. The summed E-state index contributed by atoms with van der Waals surface area (Å²) >= 11 is 0. The minimum Gasteiger partial charge on any atom is -0.396 e. The van der Waals surface area contributed by atoms with Crippen LogP contribution in [0.5, 0.6) is 0 Å². The number of hydrogen-bond acceptors (Lipinski definition) is 2. The average molecular weight is 216 g/mol. The first-order chi connectivity index (χ1) is 6.55. The molecule has 78 valence electrons. The standard InChI is InChI=1S/C9H13O4P/c10-7-3-5-8-4-1-2-6-9(8)14(11,12)13/h1-2,4,6,10H,3,5,7H2,(H2,11,12,13). The molecule has 3 N–H and O–H groups in total. The molecular weight excluding hydrogens is 203 g/mol. The van der Waals surface area contributed by atoms with E-state index in [-0.39, 0.29) is 11.9 Å². The van der Waals surface area contributed by atoms with Gasteiger partial charge in [0.25, 0.3) is 0 Å². The van der Waals surface area contributed by atoms with Crippen LogP contribution < -0.4 is 5.30 Å². The van der Waals surface area contributed by atoms with Crippen LogP contribution in [-0.2, 0) is 11.0 Å². The van der Waals surface area contributed by atoms with E-state index in [1.165, 1.54) is 6.07 Å². The van der Waals surface area contributed by atoms with E-state index in [1.807, 2.05) is 0 Å². The first kappa shape index (κ1) is 11.4. The molecule has 0 saturated carbocycles. The van der Waals surface area contributed by atoms with E-state index in [0.29, 0.717) is 18.4 Å². The van der Waals surface area contributed by atoms with Gasteiger partial charge in [0.05, 0.1) is 5.30 Å². The van der Waals surface area contributed by atoms with Crippen LogP contribution in [-0.4, -0.2) is 21.5 Å². The molecule has 0 fully saturated rings. The van der Waals surface area contributed by atoms with Crippen molar-refractivity contribution >= 4 is 12.9 Å². The summed E-state index contributed by atoms with van der Waals surface area (Å²) < 4.78 is 11.0. The average Bonchev–Trinajstić information content (AvgIpc) is 2.14. The number of benzene rings is 1. The summed E-state index contributed by atoms with van der Waals surface area (Å²) in [4.78, 5) is 18.0. The summed E-state index contributed by atoms with van der Waals surface area (Å²) in [5, 5.41) is 8.69. The maximum Gasteiger partial charge on any atom is 0.356 e. The first-order valence-corrected chi connectivity index (χ1v) is 5.92. The molecule has 0 aliphatic rings. The summed E-state index contributed by atoms with van der Waals surface area (Å²) in [6.45, 7) is 0.0233. The van der Waals surface area contributed by atoms with Gasteiger partial charge >= 0.3 is 7.60 Å². The fourth-order valence-corrected chi connectivity index (χ4v) is 2.12. The third kappa shape index (κ3) is 2.93. The van der Waals surface area contributed by atoms with Gasteiger partial charge in [-0.15, -0.1) is 0 Å². The number of aliphatic hydroxyl groups is 1. The quantitative estimate of drug-likeness (QED) is 0.637. The van der Waals surface area contributed by atoms with Gasteiger partial charge in [-0.1, -0.05) is 18.2 Å². The van der Waals surface area contributed by atoms with E-state index in [2.05, 4.69) is 0 Å². The molecule has 1 rings (SSSR count). The molecule has 0 bridgehead atoms. The van der Waals surface area contributed by atoms with Gasteiger partial charge in [-0.2, -0.15) is 0 Å². The van der Waals surface area contributed by atoms with Crippen molar-refractivity contribution in [2.75, 3.05) is 6.61 Å². The lowest BCUT2D eigenvalue weighted by Crippen LogP contribution is -2.11. The second kappa shape index (κ2) is 4.71. The third-order valence-electron chi connectivity index (χ3n) is 1.91. The minimum absolute atomic E-state index is 0.0233. The Hall–Kier alpha value is -0.670. The Morgan fingerprint density at radius 3 is 2.43 bits per heavy atom. The molecule has 0 saturated heterocycles.